The number of aryl methyl sites for hydroxylation is 1. The van der Waals surface area contributed by atoms with Crippen molar-refractivity contribution in [2.75, 3.05) is 20.6 Å². The summed E-state index contributed by atoms with van der Waals surface area (Å²) in [6, 6.07) is 12.1. The molecule has 5 nitrogen and oxygen atoms in total. The van der Waals surface area contributed by atoms with Gasteiger partial charge in [-0.2, -0.15) is 0 Å². The Kier molecular flexibility index (Phi) is 6.72. The minimum atomic E-state index is -0.320. The fourth-order valence-electron chi connectivity index (χ4n) is 3.01. The van der Waals surface area contributed by atoms with Crippen LogP contribution in [0.2, 0.25) is 0 Å². The van der Waals surface area contributed by atoms with Gasteiger partial charge in [-0.15, -0.1) is 0 Å². The van der Waals surface area contributed by atoms with Crippen LogP contribution in [0.15, 0.2) is 59.1 Å². The van der Waals surface area contributed by atoms with E-state index >= 15 is 0 Å². The highest BCUT2D eigenvalue weighted by Crippen LogP contribution is 2.21. The normalized spacial score (nSPS) is 12.2. The molecule has 7 heteroatoms. The monoisotopic (exact) mass is 399 g/mol. The predicted octanol–water partition coefficient (Wildman–Crippen LogP) is 3.97. The first-order valence-corrected chi connectivity index (χ1v) is 9.31. The zero-order valence-corrected chi connectivity index (χ0v) is 16.4. The molecule has 3 aromatic rings. The summed E-state index contributed by atoms with van der Waals surface area (Å²) in [7, 11) is 3.76. The molecule has 0 aliphatic heterocycles. The minimum absolute atomic E-state index is 0.138. The first kappa shape index (κ1) is 20.7. The van der Waals surface area contributed by atoms with E-state index in [4.69, 9.17) is 4.42 Å². The number of benzene rings is 2. The molecule has 152 valence electrons. The Balaban J connectivity index is 1.52. The number of likely N-dealkylation sites (N-methyl/N-ethyl adjacent to an activating group) is 1. The molecule has 0 aliphatic rings. The van der Waals surface area contributed by atoms with Gasteiger partial charge < -0.3 is 14.6 Å². The van der Waals surface area contributed by atoms with E-state index in [0.29, 0.717) is 24.6 Å². The molecule has 0 saturated heterocycles. The van der Waals surface area contributed by atoms with Crippen LogP contribution in [0.25, 0.3) is 11.3 Å². The number of amides is 1. The van der Waals surface area contributed by atoms with Crippen molar-refractivity contribution in [3.63, 3.8) is 0 Å². The molecule has 1 heterocycles. The van der Waals surface area contributed by atoms with Crippen molar-refractivity contribution < 1.29 is 18.0 Å². The Morgan fingerprint density at radius 2 is 1.90 bits per heavy atom. The summed E-state index contributed by atoms with van der Waals surface area (Å²) in [5, 5.41) is 2.88. The van der Waals surface area contributed by atoms with Gasteiger partial charge in [-0.3, -0.25) is 4.79 Å². The Hall–Kier alpha value is -3.06. The zero-order chi connectivity index (χ0) is 20.8. The van der Waals surface area contributed by atoms with Gasteiger partial charge in [-0.05, 0) is 56.1 Å². The van der Waals surface area contributed by atoms with Gasteiger partial charge in [0.2, 0.25) is 5.91 Å². The lowest BCUT2D eigenvalue weighted by atomic mass is 10.1. The predicted molar refractivity (Wildman–Crippen MR) is 106 cm³/mol. The summed E-state index contributed by atoms with van der Waals surface area (Å²) in [5.74, 6) is 0.198. The molecule has 0 bridgehead atoms. The molecule has 29 heavy (non-hydrogen) atoms. The molecule has 0 fully saturated rings. The van der Waals surface area contributed by atoms with Gasteiger partial charge >= 0.3 is 0 Å². The van der Waals surface area contributed by atoms with Crippen molar-refractivity contribution in [2.24, 2.45) is 0 Å². The highest BCUT2D eigenvalue weighted by atomic mass is 19.1. The molecule has 0 radical (unpaired) electrons. The second kappa shape index (κ2) is 9.43. The summed E-state index contributed by atoms with van der Waals surface area (Å²) >= 11 is 0. The minimum Gasteiger partial charge on any atom is -0.441 e. The third kappa shape index (κ3) is 5.71. The van der Waals surface area contributed by atoms with Gasteiger partial charge in [0.25, 0.3) is 0 Å². The van der Waals surface area contributed by atoms with E-state index < -0.39 is 0 Å². The van der Waals surface area contributed by atoms with Crippen LogP contribution in [-0.4, -0.2) is 36.4 Å². The lowest BCUT2D eigenvalue weighted by Crippen LogP contribution is -2.34. The van der Waals surface area contributed by atoms with Crippen LogP contribution in [0.1, 0.15) is 23.9 Å². The number of carbonyl (C=O) groups excluding carboxylic acids is 1. The van der Waals surface area contributed by atoms with Gasteiger partial charge in [0, 0.05) is 24.9 Å². The van der Waals surface area contributed by atoms with Gasteiger partial charge in [-0.25, -0.2) is 13.8 Å². The number of hydrogen-bond donors (Lipinski definition) is 1. The highest BCUT2D eigenvalue weighted by molar-refractivity contribution is 5.76. The van der Waals surface area contributed by atoms with Crippen LogP contribution in [0.5, 0.6) is 0 Å². The maximum absolute atomic E-state index is 13.5. The van der Waals surface area contributed by atoms with Crippen molar-refractivity contribution in [3.8, 4) is 11.3 Å². The Morgan fingerprint density at radius 3 is 2.59 bits per heavy atom. The van der Waals surface area contributed by atoms with Crippen molar-refractivity contribution in [1.82, 2.24) is 15.2 Å². The lowest BCUT2D eigenvalue weighted by Gasteiger charge is -2.25. The van der Waals surface area contributed by atoms with Crippen molar-refractivity contribution in [3.05, 3.63) is 77.8 Å². The molecular formula is C22H23F2N3O2. The van der Waals surface area contributed by atoms with Crippen molar-refractivity contribution >= 4 is 5.91 Å². The molecule has 2 aromatic carbocycles. The molecule has 0 saturated carbocycles. The number of oxazole rings is 1. The maximum Gasteiger partial charge on any atom is 0.220 e. The third-order valence-electron chi connectivity index (χ3n) is 4.60. The smallest absolute Gasteiger partial charge is 0.220 e. The average molecular weight is 399 g/mol. The lowest BCUT2D eigenvalue weighted by molar-refractivity contribution is -0.121. The standard InChI is InChI=1S/C22H23F2N3O2/c1-27(2)19(16-4-3-5-18(24)12-16)13-25-21(28)10-11-22-26-14-20(29-22)15-6-8-17(23)9-7-15/h3-9,12,14,19H,10-11,13H2,1-2H3,(H,25,28)/t19-/m0/s1. The number of nitrogens with one attached hydrogen (secondary N) is 1. The maximum atomic E-state index is 13.5. The van der Waals surface area contributed by atoms with Crippen LogP contribution in [0, 0.1) is 11.6 Å². The van der Waals surface area contributed by atoms with Crippen LogP contribution in [0.3, 0.4) is 0 Å². The van der Waals surface area contributed by atoms with Crippen LogP contribution in [-0.2, 0) is 11.2 Å². The highest BCUT2D eigenvalue weighted by Gasteiger charge is 2.16. The summed E-state index contributed by atoms with van der Waals surface area (Å²) < 4.78 is 32.2. The van der Waals surface area contributed by atoms with E-state index in [1.165, 1.54) is 24.3 Å². The third-order valence-corrected chi connectivity index (χ3v) is 4.60. The zero-order valence-electron chi connectivity index (χ0n) is 16.4. The van der Waals surface area contributed by atoms with Crippen LogP contribution < -0.4 is 5.32 Å². The van der Waals surface area contributed by atoms with Gasteiger partial charge in [0.1, 0.15) is 11.6 Å². The van der Waals surface area contributed by atoms with Crippen molar-refractivity contribution in [2.45, 2.75) is 18.9 Å². The number of carbonyl (C=O) groups is 1. The van der Waals surface area contributed by atoms with E-state index in [-0.39, 0.29) is 30.0 Å². The molecule has 1 N–H and O–H groups in total. The molecule has 0 aliphatic carbocycles. The molecule has 1 aromatic heterocycles. The number of halogens is 2. The molecule has 0 spiro atoms. The van der Waals surface area contributed by atoms with Crippen LogP contribution >= 0.6 is 0 Å². The van der Waals surface area contributed by atoms with Crippen LogP contribution in [0.4, 0.5) is 8.78 Å². The van der Waals surface area contributed by atoms with E-state index in [2.05, 4.69) is 10.3 Å². The largest absolute Gasteiger partial charge is 0.441 e. The molecule has 0 unspecified atom stereocenters. The Bertz CT molecular complexity index is 955. The first-order valence-electron chi connectivity index (χ1n) is 9.31. The fourth-order valence-corrected chi connectivity index (χ4v) is 3.01. The number of rotatable bonds is 8. The first-order chi connectivity index (χ1) is 13.9. The molecule has 1 amide bonds. The number of aromatic nitrogens is 1. The second-order valence-electron chi connectivity index (χ2n) is 6.96. The van der Waals surface area contributed by atoms with Gasteiger partial charge in [-0.1, -0.05) is 12.1 Å². The summed E-state index contributed by atoms with van der Waals surface area (Å²) in [6.07, 6.45) is 2.12. The van der Waals surface area contributed by atoms with Gasteiger partial charge in [0.15, 0.2) is 11.7 Å². The number of nitrogens with zero attached hydrogens (tertiary/aromatic N) is 2. The Morgan fingerprint density at radius 1 is 1.14 bits per heavy atom. The molecular weight excluding hydrogens is 376 g/mol. The van der Waals surface area contributed by atoms with E-state index in [9.17, 15) is 13.6 Å². The van der Waals surface area contributed by atoms with E-state index in [1.54, 1.807) is 24.4 Å². The summed E-state index contributed by atoms with van der Waals surface area (Å²) in [4.78, 5) is 18.3. The average Bonchev–Trinajstić information content (AvgIpc) is 3.16. The SMILES string of the molecule is CN(C)[C@@H](CNC(=O)CCc1ncc(-c2ccc(F)cc2)o1)c1cccc(F)c1. The second-order valence-corrected chi connectivity index (χ2v) is 6.96. The summed E-state index contributed by atoms with van der Waals surface area (Å²) in [5.41, 5.74) is 1.52. The quantitative estimate of drug-likeness (QED) is 0.623. The Labute approximate surface area is 168 Å². The topological polar surface area (TPSA) is 58.4 Å². The van der Waals surface area contributed by atoms with E-state index in [1.807, 2.05) is 25.1 Å². The number of hydrogen-bond acceptors (Lipinski definition) is 4. The van der Waals surface area contributed by atoms with Gasteiger partial charge in [0.05, 0.1) is 12.2 Å². The fraction of sp³-hybridized carbons (Fsp3) is 0.273. The summed E-state index contributed by atoms with van der Waals surface area (Å²) in [6.45, 7) is 0.363. The molecule has 1 atom stereocenters. The van der Waals surface area contributed by atoms with E-state index in [0.717, 1.165) is 11.1 Å². The molecule has 3 rings (SSSR count). The van der Waals surface area contributed by atoms with Crippen molar-refractivity contribution in [1.29, 1.82) is 0 Å².